The van der Waals surface area contributed by atoms with E-state index in [-0.39, 0.29) is 24.9 Å². The zero-order valence-electron chi connectivity index (χ0n) is 58.7. The molecule has 9 nitrogen and oxygen atoms in total. The van der Waals surface area contributed by atoms with E-state index in [2.05, 4.69) is 99.0 Å². The molecule has 0 aromatic carbocycles. The van der Waals surface area contributed by atoms with Gasteiger partial charge in [0.15, 0.2) is 0 Å². The molecule has 0 radical (unpaired) electrons. The maximum absolute atomic E-state index is 13.6. The lowest BCUT2D eigenvalue weighted by Crippen LogP contribution is -2.47. The Balaban J connectivity index is 5.00. The van der Waals surface area contributed by atoms with Gasteiger partial charge in [0.05, 0.1) is 33.8 Å². The summed E-state index contributed by atoms with van der Waals surface area (Å²) in [7, 11) is 1.19. The van der Waals surface area contributed by atoms with Crippen LogP contribution in [0.5, 0.6) is 0 Å². The molecule has 0 heterocycles. The molecule has 0 aromatic heterocycles. The highest BCUT2D eigenvalue weighted by Crippen LogP contribution is 2.38. The molecular formula is C78H143N2O7P. The Hall–Kier alpha value is -2.81. The molecule has 0 spiro atoms. The van der Waals surface area contributed by atoms with Crippen LogP contribution < -0.4 is 10.2 Å². The summed E-state index contributed by atoms with van der Waals surface area (Å²) in [5.74, 6) is -0.537. The fourth-order valence-corrected chi connectivity index (χ4v) is 11.5. The normalized spacial score (nSPS) is 13.9. The first-order chi connectivity index (χ1) is 42.9. The second-order valence-corrected chi connectivity index (χ2v) is 27.9. The molecule has 88 heavy (non-hydrogen) atoms. The number of carbonyl (C=O) groups is 2. The Morgan fingerprint density at radius 2 is 0.693 bits per heavy atom. The lowest BCUT2D eigenvalue weighted by Gasteiger charge is -2.30. The van der Waals surface area contributed by atoms with Crippen molar-refractivity contribution in [2.75, 3.05) is 40.9 Å². The number of esters is 1. The van der Waals surface area contributed by atoms with Crippen molar-refractivity contribution in [1.29, 1.82) is 0 Å². The number of carbonyl (C=O) groups excluding carboxylic acids is 2. The fraction of sp³-hybridized carbons (Fsp3) is 0.795. The van der Waals surface area contributed by atoms with Gasteiger partial charge in [0.2, 0.25) is 5.91 Å². The van der Waals surface area contributed by atoms with Crippen LogP contribution in [-0.4, -0.2) is 69.4 Å². The summed E-state index contributed by atoms with van der Waals surface area (Å²) >= 11 is 0. The van der Waals surface area contributed by atoms with Gasteiger partial charge in [0, 0.05) is 12.8 Å². The minimum atomic E-state index is -4.71. The Morgan fingerprint density at radius 3 is 1.06 bits per heavy atom. The molecule has 1 amide bonds. The Bertz CT molecular complexity index is 1780. The largest absolute Gasteiger partial charge is 0.756 e. The van der Waals surface area contributed by atoms with Crippen LogP contribution in [0, 0.1) is 0 Å². The van der Waals surface area contributed by atoms with Crippen LogP contribution in [0.4, 0.5) is 0 Å². The molecule has 0 fully saturated rings. The second-order valence-electron chi connectivity index (χ2n) is 26.4. The molecule has 0 bridgehead atoms. The van der Waals surface area contributed by atoms with Crippen LogP contribution in [0.1, 0.15) is 348 Å². The van der Waals surface area contributed by atoms with Gasteiger partial charge in [-0.2, -0.15) is 0 Å². The number of allylic oxidation sites excluding steroid dienone is 13. The average molecular weight is 1250 g/mol. The first-order valence-electron chi connectivity index (χ1n) is 37.4. The van der Waals surface area contributed by atoms with E-state index in [0.29, 0.717) is 17.4 Å². The highest BCUT2D eigenvalue weighted by atomic mass is 31.2. The van der Waals surface area contributed by atoms with Crippen molar-refractivity contribution in [3.8, 4) is 0 Å². The highest BCUT2D eigenvalue weighted by molar-refractivity contribution is 7.45. The third-order valence-corrected chi connectivity index (χ3v) is 17.5. The summed E-state index contributed by atoms with van der Waals surface area (Å²) < 4.78 is 30.5. The van der Waals surface area contributed by atoms with E-state index in [0.717, 1.165) is 83.5 Å². The summed E-state index contributed by atoms with van der Waals surface area (Å²) in [6, 6.07) is -0.895. The topological polar surface area (TPSA) is 114 Å². The van der Waals surface area contributed by atoms with Gasteiger partial charge < -0.3 is 28.5 Å². The van der Waals surface area contributed by atoms with E-state index in [1.165, 1.54) is 231 Å². The Labute approximate surface area is 546 Å². The zero-order valence-corrected chi connectivity index (χ0v) is 59.6. The third-order valence-electron chi connectivity index (χ3n) is 16.5. The number of phosphoric acid groups is 1. The Kier molecular flexibility index (Phi) is 64.9. The maximum Gasteiger partial charge on any atom is 0.306 e. The molecule has 0 aliphatic rings. The third kappa shape index (κ3) is 67.6. The number of unbranched alkanes of at least 4 members (excludes halogenated alkanes) is 40. The number of ether oxygens (including phenoxy) is 1. The van der Waals surface area contributed by atoms with Crippen LogP contribution in [0.2, 0.25) is 0 Å². The monoisotopic (exact) mass is 1250 g/mol. The van der Waals surface area contributed by atoms with Crippen LogP contribution in [0.3, 0.4) is 0 Å². The molecule has 0 saturated carbocycles. The van der Waals surface area contributed by atoms with E-state index < -0.39 is 26.6 Å². The predicted octanol–water partition coefficient (Wildman–Crippen LogP) is 23.4. The molecule has 512 valence electrons. The smallest absolute Gasteiger partial charge is 0.306 e. The van der Waals surface area contributed by atoms with Gasteiger partial charge in [-0.15, -0.1) is 0 Å². The minimum absolute atomic E-state index is 0.0247. The molecule has 0 aliphatic heterocycles. The lowest BCUT2D eigenvalue weighted by molar-refractivity contribution is -0.870. The molecular weight excluding hydrogens is 1110 g/mol. The van der Waals surface area contributed by atoms with Crippen LogP contribution in [0.25, 0.3) is 0 Å². The number of amides is 1. The van der Waals surface area contributed by atoms with Gasteiger partial charge in [-0.05, 0) is 109 Å². The summed E-state index contributed by atoms with van der Waals surface area (Å²) in [6.07, 6.45) is 89.9. The predicted molar refractivity (Wildman–Crippen MR) is 381 cm³/mol. The molecule has 10 heteroatoms. The number of nitrogens with one attached hydrogen (secondary N) is 1. The van der Waals surface area contributed by atoms with Crippen LogP contribution in [0.15, 0.2) is 85.1 Å². The van der Waals surface area contributed by atoms with Gasteiger partial charge in [0.1, 0.15) is 19.3 Å². The molecule has 0 aromatic rings. The molecule has 0 aliphatic carbocycles. The second kappa shape index (κ2) is 67.1. The standard InChI is InChI=1S/C78H143N2O7P/c1-7-10-13-16-19-22-25-28-30-32-34-36-38-39-40-41-43-44-46-48-50-52-55-58-61-64-67-70-77(81)79-75(74-86-88(83,84)85-73-72-80(4,5)6)76(69-66-63-60-57-54-27-24-21-18-15-12-9-3)87-78(82)71-68-65-62-59-56-53-51-49-47-45-42-37-35-33-31-29-26-23-20-17-14-11-8-2/h19-20,22-23,28-31,34-37,66,69,75-76H,7-18,21,24-27,32-33,38-65,67-68,70-74H2,1-6H3,(H-,79,81,83,84)/b22-19-,23-20-,30-28-,31-29-,36-34-,37-35-,69-66-. The van der Waals surface area contributed by atoms with Crippen molar-refractivity contribution in [3.05, 3.63) is 85.1 Å². The SMILES string of the molecule is CCCCC/C=C\C/C=C\C/C=C\CCCCCCCCCCCCCCCCC(=O)NC(COP(=O)([O-])OCC[N+](C)(C)C)C(/C=C\CCCCCCCCCCCC)OC(=O)CCCCCCCCCCCC/C=C\C/C=C\C/C=C\CCCCC. The molecule has 1 N–H and O–H groups in total. The van der Waals surface area contributed by atoms with Gasteiger partial charge in [-0.1, -0.05) is 312 Å². The number of phosphoric ester groups is 1. The van der Waals surface area contributed by atoms with Gasteiger partial charge in [-0.25, -0.2) is 0 Å². The number of quaternary nitrogens is 1. The summed E-state index contributed by atoms with van der Waals surface area (Å²) in [4.78, 5) is 40.3. The quantitative estimate of drug-likeness (QED) is 0.0212. The number of hydrogen-bond donors (Lipinski definition) is 1. The zero-order chi connectivity index (χ0) is 64.2. The number of nitrogens with zero attached hydrogens (tertiary/aromatic N) is 1. The van der Waals surface area contributed by atoms with Crippen LogP contribution in [-0.2, 0) is 27.9 Å². The van der Waals surface area contributed by atoms with Crippen molar-refractivity contribution < 1.29 is 37.3 Å². The molecule has 3 unspecified atom stereocenters. The van der Waals surface area contributed by atoms with Crippen molar-refractivity contribution in [1.82, 2.24) is 5.32 Å². The summed E-state index contributed by atoms with van der Waals surface area (Å²) in [6.45, 7) is 6.82. The highest BCUT2D eigenvalue weighted by Gasteiger charge is 2.27. The number of rotatable bonds is 68. The molecule has 0 rings (SSSR count). The molecule has 0 saturated heterocycles. The van der Waals surface area contributed by atoms with E-state index >= 15 is 0 Å². The average Bonchev–Trinajstić information content (AvgIpc) is 3.66. The van der Waals surface area contributed by atoms with E-state index in [1.807, 2.05) is 33.3 Å². The fourth-order valence-electron chi connectivity index (χ4n) is 10.8. The first-order valence-corrected chi connectivity index (χ1v) is 38.9. The first kappa shape index (κ1) is 85.2. The van der Waals surface area contributed by atoms with Crippen LogP contribution >= 0.6 is 7.82 Å². The van der Waals surface area contributed by atoms with Gasteiger partial charge >= 0.3 is 5.97 Å². The van der Waals surface area contributed by atoms with E-state index in [1.54, 1.807) is 0 Å². The number of likely N-dealkylation sites (N-methyl/N-ethyl adjacent to an activating group) is 1. The van der Waals surface area contributed by atoms with Crippen molar-refractivity contribution in [3.63, 3.8) is 0 Å². The Morgan fingerprint density at radius 1 is 0.398 bits per heavy atom. The number of hydrogen-bond acceptors (Lipinski definition) is 7. The molecule has 3 atom stereocenters. The van der Waals surface area contributed by atoms with Crippen molar-refractivity contribution in [2.24, 2.45) is 0 Å². The van der Waals surface area contributed by atoms with E-state index in [4.69, 9.17) is 13.8 Å². The summed E-state index contributed by atoms with van der Waals surface area (Å²) in [5, 5.41) is 3.05. The van der Waals surface area contributed by atoms with E-state index in [9.17, 15) is 19.0 Å². The van der Waals surface area contributed by atoms with Gasteiger partial charge in [0.25, 0.3) is 7.82 Å². The van der Waals surface area contributed by atoms with Crippen molar-refractivity contribution in [2.45, 2.75) is 360 Å². The summed E-state index contributed by atoms with van der Waals surface area (Å²) in [5.41, 5.74) is 0. The van der Waals surface area contributed by atoms with Gasteiger partial charge in [-0.3, -0.25) is 14.2 Å². The minimum Gasteiger partial charge on any atom is -0.756 e. The van der Waals surface area contributed by atoms with Crippen molar-refractivity contribution >= 4 is 19.7 Å². The maximum atomic E-state index is 13.6. The lowest BCUT2D eigenvalue weighted by atomic mass is 10.0.